The molecule has 30 heavy (non-hydrogen) atoms. The van der Waals surface area contributed by atoms with Gasteiger partial charge >= 0.3 is 6.18 Å². The lowest BCUT2D eigenvalue weighted by Gasteiger charge is -2.12. The quantitative estimate of drug-likeness (QED) is 0.375. The molecule has 0 amide bonds. The highest BCUT2D eigenvalue weighted by Gasteiger charge is 2.33. The van der Waals surface area contributed by atoms with Crippen LogP contribution >= 0.6 is 0 Å². The van der Waals surface area contributed by atoms with Gasteiger partial charge in [0.2, 0.25) is 0 Å². The number of anilines is 4. The van der Waals surface area contributed by atoms with Crippen LogP contribution < -0.4 is 10.6 Å². The Kier molecular flexibility index (Phi) is 5.54. The third-order valence-corrected chi connectivity index (χ3v) is 4.04. The Morgan fingerprint density at radius 1 is 0.700 bits per heavy atom. The van der Waals surface area contributed by atoms with E-state index in [1.807, 2.05) is 0 Å². The van der Waals surface area contributed by atoms with Crippen molar-refractivity contribution in [2.75, 3.05) is 10.6 Å². The Bertz CT molecular complexity index is 1120. The first-order chi connectivity index (χ1) is 14.1. The molecule has 0 aromatic heterocycles. The Balaban J connectivity index is 1.89. The van der Waals surface area contributed by atoms with Crippen molar-refractivity contribution in [3.8, 4) is 0 Å². The Morgan fingerprint density at radius 3 is 1.83 bits per heavy atom. The van der Waals surface area contributed by atoms with Crippen molar-refractivity contribution in [2.45, 2.75) is 6.18 Å². The molecular formula is C19H13F3N4O4. The van der Waals surface area contributed by atoms with E-state index in [9.17, 15) is 33.4 Å². The number of nitrogens with zero attached hydrogens (tertiary/aromatic N) is 2. The SMILES string of the molecule is O=[N+]([O-])c1ccccc1Nc1cccc(Nc2ccc(C(F)(F)F)cc2[N+](=O)[O-])c1. The van der Waals surface area contributed by atoms with Crippen LogP contribution in [0.3, 0.4) is 0 Å². The zero-order valence-electron chi connectivity index (χ0n) is 15.0. The second kappa shape index (κ2) is 8.07. The van der Waals surface area contributed by atoms with Crippen LogP contribution in [-0.2, 0) is 6.18 Å². The molecule has 154 valence electrons. The smallest absolute Gasteiger partial charge is 0.350 e. The van der Waals surface area contributed by atoms with Gasteiger partial charge in [-0.1, -0.05) is 18.2 Å². The van der Waals surface area contributed by atoms with Crippen LogP contribution in [-0.4, -0.2) is 9.85 Å². The molecule has 3 rings (SSSR count). The molecule has 0 unspecified atom stereocenters. The first-order valence-corrected chi connectivity index (χ1v) is 8.38. The third-order valence-electron chi connectivity index (χ3n) is 4.04. The first-order valence-electron chi connectivity index (χ1n) is 8.38. The minimum absolute atomic E-state index is 0.129. The van der Waals surface area contributed by atoms with E-state index in [-0.39, 0.29) is 17.1 Å². The minimum Gasteiger partial charge on any atom is -0.350 e. The summed E-state index contributed by atoms with van der Waals surface area (Å²) >= 11 is 0. The predicted molar refractivity (Wildman–Crippen MR) is 104 cm³/mol. The van der Waals surface area contributed by atoms with Gasteiger partial charge in [0.05, 0.1) is 15.4 Å². The van der Waals surface area contributed by atoms with Gasteiger partial charge in [-0.15, -0.1) is 0 Å². The Labute approximate surface area is 167 Å². The summed E-state index contributed by atoms with van der Waals surface area (Å²) in [6.45, 7) is 0. The van der Waals surface area contributed by atoms with Crippen molar-refractivity contribution >= 4 is 34.1 Å². The Morgan fingerprint density at radius 2 is 1.27 bits per heavy atom. The monoisotopic (exact) mass is 418 g/mol. The zero-order chi connectivity index (χ0) is 21.9. The fraction of sp³-hybridized carbons (Fsp3) is 0.0526. The zero-order valence-corrected chi connectivity index (χ0v) is 15.0. The van der Waals surface area contributed by atoms with Gasteiger partial charge in [-0.3, -0.25) is 20.2 Å². The molecule has 0 aliphatic heterocycles. The number of hydrogen-bond donors (Lipinski definition) is 2. The maximum Gasteiger partial charge on any atom is 0.416 e. The van der Waals surface area contributed by atoms with Crippen molar-refractivity contribution < 1.29 is 23.0 Å². The highest BCUT2D eigenvalue weighted by molar-refractivity contribution is 5.75. The number of hydrogen-bond acceptors (Lipinski definition) is 6. The molecule has 8 nitrogen and oxygen atoms in total. The van der Waals surface area contributed by atoms with Crippen molar-refractivity contribution in [1.29, 1.82) is 0 Å². The number of alkyl halides is 3. The second-order valence-corrected chi connectivity index (χ2v) is 6.09. The van der Waals surface area contributed by atoms with E-state index in [1.54, 1.807) is 24.3 Å². The molecule has 0 radical (unpaired) electrons. The van der Waals surface area contributed by atoms with Crippen LogP contribution in [0.4, 0.5) is 47.3 Å². The molecule has 11 heteroatoms. The number of nitro benzene ring substituents is 2. The van der Waals surface area contributed by atoms with Gasteiger partial charge in [-0.25, -0.2) is 0 Å². The molecule has 0 aliphatic rings. The molecule has 0 bridgehead atoms. The predicted octanol–water partition coefficient (Wildman–Crippen LogP) is 6.01. The van der Waals surface area contributed by atoms with Crippen LogP contribution in [0, 0.1) is 20.2 Å². The topological polar surface area (TPSA) is 110 Å². The van der Waals surface area contributed by atoms with Crippen molar-refractivity contribution in [2.24, 2.45) is 0 Å². The normalized spacial score (nSPS) is 11.0. The molecule has 3 aromatic rings. The van der Waals surface area contributed by atoms with E-state index in [0.29, 0.717) is 17.4 Å². The van der Waals surface area contributed by atoms with Gasteiger partial charge in [0.25, 0.3) is 11.4 Å². The summed E-state index contributed by atoms with van der Waals surface area (Å²) in [5.41, 5.74) is -1.14. The van der Waals surface area contributed by atoms with Crippen molar-refractivity contribution in [3.63, 3.8) is 0 Å². The summed E-state index contributed by atoms with van der Waals surface area (Å²) in [5.74, 6) is 0. The van der Waals surface area contributed by atoms with E-state index in [2.05, 4.69) is 10.6 Å². The molecule has 0 saturated carbocycles. The van der Waals surface area contributed by atoms with E-state index >= 15 is 0 Å². The van der Waals surface area contributed by atoms with Gasteiger partial charge in [0.1, 0.15) is 11.4 Å². The second-order valence-electron chi connectivity index (χ2n) is 6.09. The highest BCUT2D eigenvalue weighted by Crippen LogP contribution is 2.36. The van der Waals surface area contributed by atoms with Gasteiger partial charge in [0.15, 0.2) is 0 Å². The van der Waals surface area contributed by atoms with E-state index in [4.69, 9.17) is 0 Å². The maximum atomic E-state index is 12.8. The number of para-hydroxylation sites is 2. The highest BCUT2D eigenvalue weighted by atomic mass is 19.4. The van der Waals surface area contributed by atoms with Crippen LogP contribution in [0.1, 0.15) is 5.56 Å². The summed E-state index contributed by atoms with van der Waals surface area (Å²) in [5, 5.41) is 27.9. The van der Waals surface area contributed by atoms with Crippen LogP contribution in [0.2, 0.25) is 0 Å². The summed E-state index contributed by atoms with van der Waals surface area (Å²) in [4.78, 5) is 20.9. The third kappa shape index (κ3) is 4.63. The van der Waals surface area contributed by atoms with Crippen molar-refractivity contribution in [1.82, 2.24) is 0 Å². The number of nitrogens with one attached hydrogen (secondary N) is 2. The lowest BCUT2D eigenvalue weighted by molar-refractivity contribution is -0.384. The number of halogens is 3. The largest absolute Gasteiger partial charge is 0.416 e. The molecule has 0 aliphatic carbocycles. The lowest BCUT2D eigenvalue weighted by atomic mass is 10.1. The minimum atomic E-state index is -4.71. The number of benzene rings is 3. The summed E-state index contributed by atoms with van der Waals surface area (Å²) in [7, 11) is 0. The summed E-state index contributed by atoms with van der Waals surface area (Å²) in [6, 6.07) is 14.4. The molecule has 0 fully saturated rings. The fourth-order valence-electron chi connectivity index (χ4n) is 2.69. The maximum absolute atomic E-state index is 12.8. The van der Waals surface area contributed by atoms with Gasteiger partial charge in [0, 0.05) is 23.5 Å². The Hall–Kier alpha value is -4.15. The van der Waals surface area contributed by atoms with Crippen molar-refractivity contribution in [3.05, 3.63) is 92.5 Å². The molecule has 0 spiro atoms. The molecule has 0 saturated heterocycles. The van der Waals surface area contributed by atoms with E-state index in [1.165, 1.54) is 24.3 Å². The number of nitro groups is 2. The average molecular weight is 418 g/mol. The van der Waals surface area contributed by atoms with Crippen LogP contribution in [0.5, 0.6) is 0 Å². The van der Waals surface area contributed by atoms with Crippen LogP contribution in [0.15, 0.2) is 66.7 Å². The molecule has 0 atom stereocenters. The lowest BCUT2D eigenvalue weighted by Crippen LogP contribution is -2.06. The summed E-state index contributed by atoms with van der Waals surface area (Å²) < 4.78 is 38.5. The van der Waals surface area contributed by atoms with E-state index < -0.39 is 27.3 Å². The first kappa shape index (κ1) is 20.6. The van der Waals surface area contributed by atoms with Gasteiger partial charge in [-0.05, 0) is 36.4 Å². The molecule has 3 aromatic carbocycles. The molecule has 2 N–H and O–H groups in total. The summed E-state index contributed by atoms with van der Waals surface area (Å²) in [6.07, 6.45) is -4.71. The number of rotatable bonds is 6. The fourth-order valence-corrected chi connectivity index (χ4v) is 2.69. The van der Waals surface area contributed by atoms with Gasteiger partial charge < -0.3 is 10.6 Å². The standard InChI is InChI=1S/C19H13F3N4O4/c20-19(21,22)12-8-9-16(18(10-12)26(29)30)24-14-5-3-4-13(11-14)23-15-6-1-2-7-17(15)25(27)28/h1-11,23-24H. The average Bonchev–Trinajstić information content (AvgIpc) is 2.68. The van der Waals surface area contributed by atoms with Gasteiger partial charge in [-0.2, -0.15) is 13.2 Å². The van der Waals surface area contributed by atoms with Crippen LogP contribution in [0.25, 0.3) is 0 Å². The molecular weight excluding hydrogens is 405 g/mol. The van der Waals surface area contributed by atoms with E-state index in [0.717, 1.165) is 12.1 Å². The molecule has 0 heterocycles.